The summed E-state index contributed by atoms with van der Waals surface area (Å²) in [5.74, 6) is 0.779. The van der Waals surface area contributed by atoms with E-state index < -0.39 is 0 Å². The molecule has 0 N–H and O–H groups in total. The maximum Gasteiger partial charge on any atom is 0.311 e. The highest BCUT2D eigenvalue weighted by Crippen LogP contribution is 2.29. The van der Waals surface area contributed by atoms with Crippen molar-refractivity contribution in [3.8, 4) is 11.5 Å². The number of methoxy groups -OCH3 is 1. The van der Waals surface area contributed by atoms with Crippen LogP contribution in [0.25, 0.3) is 6.08 Å². The van der Waals surface area contributed by atoms with E-state index in [1.807, 2.05) is 31.2 Å². The fourth-order valence-electron chi connectivity index (χ4n) is 2.39. The summed E-state index contributed by atoms with van der Waals surface area (Å²) >= 11 is 0. The number of benzene rings is 1. The minimum absolute atomic E-state index is 0.205. The van der Waals surface area contributed by atoms with E-state index in [1.54, 1.807) is 13.2 Å². The van der Waals surface area contributed by atoms with Crippen LogP contribution in [0.5, 0.6) is 11.5 Å². The lowest BCUT2D eigenvalue weighted by Crippen LogP contribution is -2.13. The van der Waals surface area contributed by atoms with Gasteiger partial charge in [0.15, 0.2) is 11.5 Å². The molecule has 0 spiro atoms. The van der Waals surface area contributed by atoms with Crippen LogP contribution in [0.4, 0.5) is 0 Å². The first-order chi connectivity index (χ1) is 10.2. The zero-order valence-electron chi connectivity index (χ0n) is 12.6. The molecule has 4 nitrogen and oxygen atoms in total. The molecule has 114 valence electrons. The largest absolute Gasteiger partial charge is 0.493 e. The summed E-state index contributed by atoms with van der Waals surface area (Å²) in [6, 6.07) is 5.51. The van der Waals surface area contributed by atoms with E-state index in [1.165, 1.54) is 0 Å². The first-order valence-electron chi connectivity index (χ1n) is 7.36. The standard InChI is InChI=1S/C17H22O4/c1-3-5-13-7-9-15(16(12-13)19-2)21-17(18)10-8-14-6-4-11-20-14/h3,5,7,9,12,14H,4,6,8,10-11H2,1-2H3. The highest BCUT2D eigenvalue weighted by Gasteiger charge is 2.18. The second-order valence-corrected chi connectivity index (χ2v) is 5.06. The van der Waals surface area contributed by atoms with Crippen molar-refractivity contribution < 1.29 is 19.0 Å². The predicted octanol–water partition coefficient (Wildman–Crippen LogP) is 3.59. The number of hydrogen-bond donors (Lipinski definition) is 0. The summed E-state index contributed by atoms with van der Waals surface area (Å²) in [7, 11) is 1.57. The van der Waals surface area contributed by atoms with Gasteiger partial charge in [-0.05, 0) is 43.9 Å². The topological polar surface area (TPSA) is 44.8 Å². The Labute approximate surface area is 125 Å². The summed E-state index contributed by atoms with van der Waals surface area (Å²) in [5.41, 5.74) is 1.01. The third kappa shape index (κ3) is 4.60. The molecule has 0 radical (unpaired) electrons. The molecule has 1 saturated heterocycles. The smallest absolute Gasteiger partial charge is 0.311 e. The Hall–Kier alpha value is -1.81. The van der Waals surface area contributed by atoms with Crippen LogP contribution in [0.1, 0.15) is 38.2 Å². The minimum atomic E-state index is -0.248. The number of ether oxygens (including phenoxy) is 3. The SMILES string of the molecule is CC=Cc1ccc(OC(=O)CCC2CCCO2)c(OC)c1. The fraction of sp³-hybridized carbons (Fsp3) is 0.471. The lowest BCUT2D eigenvalue weighted by molar-refractivity contribution is -0.135. The lowest BCUT2D eigenvalue weighted by Gasteiger charge is -2.11. The molecule has 1 fully saturated rings. The van der Waals surface area contributed by atoms with Crippen molar-refractivity contribution >= 4 is 12.0 Å². The van der Waals surface area contributed by atoms with Crippen molar-refractivity contribution in [2.75, 3.05) is 13.7 Å². The van der Waals surface area contributed by atoms with Crippen LogP contribution in [0.15, 0.2) is 24.3 Å². The number of hydrogen-bond acceptors (Lipinski definition) is 4. The molecule has 1 aliphatic rings. The summed E-state index contributed by atoms with van der Waals surface area (Å²) < 4.78 is 16.2. The third-order valence-corrected chi connectivity index (χ3v) is 3.47. The quantitative estimate of drug-likeness (QED) is 0.593. The molecule has 1 unspecified atom stereocenters. The second-order valence-electron chi connectivity index (χ2n) is 5.06. The highest BCUT2D eigenvalue weighted by atomic mass is 16.6. The Bertz CT molecular complexity index is 502. The lowest BCUT2D eigenvalue weighted by atomic mass is 10.1. The predicted molar refractivity (Wildman–Crippen MR) is 81.5 cm³/mol. The number of rotatable bonds is 6. The van der Waals surface area contributed by atoms with Gasteiger partial charge in [0, 0.05) is 13.0 Å². The van der Waals surface area contributed by atoms with Gasteiger partial charge in [0.25, 0.3) is 0 Å². The first kappa shape index (κ1) is 15.6. The van der Waals surface area contributed by atoms with Crippen molar-refractivity contribution in [2.24, 2.45) is 0 Å². The molecule has 1 aliphatic heterocycles. The van der Waals surface area contributed by atoms with Gasteiger partial charge >= 0.3 is 5.97 Å². The zero-order chi connectivity index (χ0) is 15.1. The molecule has 0 aliphatic carbocycles. The normalized spacial score (nSPS) is 18.1. The summed E-state index contributed by atoms with van der Waals surface area (Å²) in [6.07, 6.45) is 7.32. The van der Waals surface area contributed by atoms with Crippen LogP contribution in [0, 0.1) is 0 Å². The number of allylic oxidation sites excluding steroid dienone is 1. The van der Waals surface area contributed by atoms with Gasteiger partial charge < -0.3 is 14.2 Å². The molecule has 0 amide bonds. The van der Waals surface area contributed by atoms with Crippen molar-refractivity contribution in [1.29, 1.82) is 0 Å². The van der Waals surface area contributed by atoms with Crippen LogP contribution in [0.2, 0.25) is 0 Å². The van der Waals surface area contributed by atoms with Crippen LogP contribution in [0.3, 0.4) is 0 Å². The average molecular weight is 290 g/mol. The van der Waals surface area contributed by atoms with Crippen LogP contribution < -0.4 is 9.47 Å². The van der Waals surface area contributed by atoms with E-state index in [0.29, 0.717) is 17.9 Å². The number of esters is 1. The Morgan fingerprint density at radius 3 is 2.95 bits per heavy atom. The second kappa shape index (κ2) is 7.84. The van der Waals surface area contributed by atoms with E-state index in [-0.39, 0.29) is 12.1 Å². The molecule has 2 rings (SSSR count). The third-order valence-electron chi connectivity index (χ3n) is 3.47. The molecule has 1 aromatic rings. The molecule has 4 heteroatoms. The number of carbonyl (C=O) groups is 1. The van der Waals surface area contributed by atoms with Gasteiger partial charge in [0.05, 0.1) is 13.2 Å². The maximum atomic E-state index is 11.9. The van der Waals surface area contributed by atoms with Crippen molar-refractivity contribution in [1.82, 2.24) is 0 Å². The average Bonchev–Trinajstić information content (AvgIpc) is 3.00. The van der Waals surface area contributed by atoms with Gasteiger partial charge in [0.2, 0.25) is 0 Å². The molecule has 0 saturated carbocycles. The molecule has 1 heterocycles. The van der Waals surface area contributed by atoms with E-state index in [9.17, 15) is 4.79 Å². The molecule has 1 aromatic carbocycles. The first-order valence-corrected chi connectivity index (χ1v) is 7.36. The van der Waals surface area contributed by atoms with Crippen LogP contribution in [-0.2, 0) is 9.53 Å². The number of carbonyl (C=O) groups excluding carboxylic acids is 1. The van der Waals surface area contributed by atoms with Crippen LogP contribution in [-0.4, -0.2) is 25.8 Å². The maximum absolute atomic E-state index is 11.9. The van der Waals surface area contributed by atoms with E-state index in [0.717, 1.165) is 31.4 Å². The minimum Gasteiger partial charge on any atom is -0.493 e. The van der Waals surface area contributed by atoms with Gasteiger partial charge in [0.1, 0.15) is 0 Å². The van der Waals surface area contributed by atoms with Crippen molar-refractivity contribution in [3.63, 3.8) is 0 Å². The van der Waals surface area contributed by atoms with Gasteiger partial charge in [-0.1, -0.05) is 18.2 Å². The summed E-state index contributed by atoms with van der Waals surface area (Å²) in [4.78, 5) is 11.9. The molecule has 21 heavy (non-hydrogen) atoms. The zero-order valence-corrected chi connectivity index (χ0v) is 12.6. The highest BCUT2D eigenvalue weighted by molar-refractivity contribution is 5.73. The van der Waals surface area contributed by atoms with E-state index >= 15 is 0 Å². The Morgan fingerprint density at radius 1 is 1.43 bits per heavy atom. The molecule has 0 aromatic heterocycles. The monoisotopic (exact) mass is 290 g/mol. The van der Waals surface area contributed by atoms with Crippen molar-refractivity contribution in [2.45, 2.75) is 38.7 Å². The Balaban J connectivity index is 1.92. The molecule has 1 atom stereocenters. The van der Waals surface area contributed by atoms with Crippen LogP contribution >= 0.6 is 0 Å². The molecular weight excluding hydrogens is 268 g/mol. The molecule has 0 bridgehead atoms. The van der Waals surface area contributed by atoms with Gasteiger partial charge in [-0.15, -0.1) is 0 Å². The van der Waals surface area contributed by atoms with Crippen molar-refractivity contribution in [3.05, 3.63) is 29.8 Å². The van der Waals surface area contributed by atoms with Gasteiger partial charge in [-0.25, -0.2) is 0 Å². The Kier molecular flexibility index (Phi) is 5.81. The summed E-state index contributed by atoms with van der Waals surface area (Å²) in [6.45, 7) is 2.76. The van der Waals surface area contributed by atoms with E-state index in [2.05, 4.69) is 0 Å². The Morgan fingerprint density at radius 2 is 2.29 bits per heavy atom. The fourth-order valence-corrected chi connectivity index (χ4v) is 2.39. The van der Waals surface area contributed by atoms with Gasteiger partial charge in [-0.3, -0.25) is 4.79 Å². The molecular formula is C17H22O4. The summed E-state index contributed by atoms with van der Waals surface area (Å²) in [5, 5.41) is 0. The van der Waals surface area contributed by atoms with E-state index in [4.69, 9.17) is 14.2 Å². The van der Waals surface area contributed by atoms with Gasteiger partial charge in [-0.2, -0.15) is 0 Å².